The first-order valence-corrected chi connectivity index (χ1v) is 4.19. The fraction of sp³-hybridized carbons (Fsp3) is 0.375. The fourth-order valence-corrected chi connectivity index (χ4v) is 1.22. The van der Waals surface area contributed by atoms with Crippen LogP contribution in [-0.2, 0) is 6.54 Å². The molecule has 78 valence electrons. The Morgan fingerprint density at radius 2 is 2.29 bits per heavy atom. The van der Waals surface area contributed by atoms with Crippen molar-refractivity contribution >= 4 is 11.6 Å². The molecule has 6 heteroatoms. The topological polar surface area (TPSA) is 48.1 Å². The monoisotopic (exact) mass is 222 g/mol. The molecule has 0 unspecified atom stereocenters. The van der Waals surface area contributed by atoms with Gasteiger partial charge < -0.3 is 10.5 Å². The van der Waals surface area contributed by atoms with Crippen LogP contribution in [0, 0.1) is 0 Å². The summed E-state index contributed by atoms with van der Waals surface area (Å²) in [7, 11) is 1.27. The van der Waals surface area contributed by atoms with Crippen LogP contribution in [0.25, 0.3) is 0 Å². The molecular weight excluding hydrogens is 214 g/mol. The van der Waals surface area contributed by atoms with Crippen LogP contribution in [-0.4, -0.2) is 12.1 Å². The number of halogens is 3. The van der Waals surface area contributed by atoms with Gasteiger partial charge in [-0.15, -0.1) is 0 Å². The third-order valence-electron chi connectivity index (χ3n) is 1.66. The van der Waals surface area contributed by atoms with Gasteiger partial charge in [0.05, 0.1) is 23.4 Å². The van der Waals surface area contributed by atoms with Crippen LogP contribution in [0.4, 0.5) is 8.78 Å². The van der Waals surface area contributed by atoms with Gasteiger partial charge >= 0.3 is 0 Å². The van der Waals surface area contributed by atoms with E-state index in [1.54, 1.807) is 0 Å². The summed E-state index contributed by atoms with van der Waals surface area (Å²) in [5, 5.41) is 0.128. The molecule has 0 bridgehead atoms. The molecule has 0 aliphatic carbocycles. The van der Waals surface area contributed by atoms with Crippen LogP contribution >= 0.6 is 11.6 Å². The molecule has 0 amide bonds. The molecule has 1 heterocycles. The zero-order chi connectivity index (χ0) is 10.7. The summed E-state index contributed by atoms with van der Waals surface area (Å²) in [5.74, 6) is -0.134. The van der Waals surface area contributed by atoms with Gasteiger partial charge in [-0.1, -0.05) is 11.6 Å². The highest BCUT2D eigenvalue weighted by atomic mass is 35.5. The summed E-state index contributed by atoms with van der Waals surface area (Å²) >= 11 is 5.67. The van der Waals surface area contributed by atoms with Crippen LogP contribution in [0.15, 0.2) is 6.07 Å². The van der Waals surface area contributed by atoms with Gasteiger partial charge in [-0.25, -0.2) is 13.8 Å². The SMILES string of the molecule is COc1nc(CN)c(Cl)cc1C(F)F. The van der Waals surface area contributed by atoms with E-state index in [4.69, 9.17) is 22.1 Å². The Kier molecular flexibility index (Phi) is 3.60. The average Bonchev–Trinajstić information content (AvgIpc) is 2.17. The number of methoxy groups -OCH3 is 1. The Labute approximate surface area is 84.8 Å². The summed E-state index contributed by atoms with van der Waals surface area (Å²) in [4.78, 5) is 3.77. The van der Waals surface area contributed by atoms with E-state index in [2.05, 4.69) is 4.98 Å². The molecule has 14 heavy (non-hydrogen) atoms. The molecule has 1 aromatic heterocycles. The van der Waals surface area contributed by atoms with Crippen molar-refractivity contribution < 1.29 is 13.5 Å². The number of hydrogen-bond acceptors (Lipinski definition) is 3. The maximum atomic E-state index is 12.4. The van der Waals surface area contributed by atoms with Gasteiger partial charge in [0.1, 0.15) is 0 Å². The van der Waals surface area contributed by atoms with Gasteiger partial charge in [0, 0.05) is 6.54 Å². The molecule has 0 aliphatic heterocycles. The molecule has 0 aromatic carbocycles. The molecule has 0 saturated carbocycles. The molecule has 2 N–H and O–H groups in total. The zero-order valence-corrected chi connectivity index (χ0v) is 8.18. The lowest BCUT2D eigenvalue weighted by molar-refractivity contribution is 0.146. The number of nitrogens with zero attached hydrogens (tertiary/aromatic N) is 1. The highest BCUT2D eigenvalue weighted by molar-refractivity contribution is 6.31. The summed E-state index contributed by atoms with van der Waals surface area (Å²) in [6, 6.07) is 1.13. The Morgan fingerprint density at radius 1 is 1.64 bits per heavy atom. The van der Waals surface area contributed by atoms with Gasteiger partial charge in [0.15, 0.2) is 0 Å². The van der Waals surface area contributed by atoms with Crippen molar-refractivity contribution in [2.45, 2.75) is 13.0 Å². The van der Waals surface area contributed by atoms with Gasteiger partial charge in [-0.3, -0.25) is 0 Å². The van der Waals surface area contributed by atoms with Crippen molar-refractivity contribution in [2.75, 3.05) is 7.11 Å². The van der Waals surface area contributed by atoms with E-state index in [9.17, 15) is 8.78 Å². The molecule has 0 radical (unpaired) electrons. The van der Waals surface area contributed by atoms with Crippen LogP contribution in [0.1, 0.15) is 17.7 Å². The van der Waals surface area contributed by atoms with Crippen molar-refractivity contribution in [3.8, 4) is 5.88 Å². The second kappa shape index (κ2) is 4.52. The Bertz CT molecular complexity index is 333. The maximum Gasteiger partial charge on any atom is 0.269 e. The lowest BCUT2D eigenvalue weighted by Crippen LogP contribution is -2.04. The number of ether oxygens (including phenoxy) is 1. The van der Waals surface area contributed by atoms with E-state index in [1.807, 2.05) is 0 Å². The van der Waals surface area contributed by atoms with Crippen molar-refractivity contribution in [1.29, 1.82) is 0 Å². The van der Waals surface area contributed by atoms with Crippen molar-refractivity contribution in [1.82, 2.24) is 4.98 Å². The lowest BCUT2D eigenvalue weighted by atomic mass is 10.2. The molecule has 1 rings (SSSR count). The zero-order valence-electron chi connectivity index (χ0n) is 7.43. The third-order valence-corrected chi connectivity index (χ3v) is 1.99. The Hall–Kier alpha value is -0.940. The van der Waals surface area contributed by atoms with Crippen molar-refractivity contribution in [3.63, 3.8) is 0 Å². The van der Waals surface area contributed by atoms with Crippen LogP contribution in [0.5, 0.6) is 5.88 Å². The second-order valence-corrected chi connectivity index (χ2v) is 2.93. The maximum absolute atomic E-state index is 12.4. The van der Waals surface area contributed by atoms with E-state index in [0.29, 0.717) is 5.69 Å². The van der Waals surface area contributed by atoms with E-state index in [1.165, 1.54) is 7.11 Å². The lowest BCUT2D eigenvalue weighted by Gasteiger charge is -2.09. The summed E-state index contributed by atoms with van der Waals surface area (Å²) in [5.41, 5.74) is 5.33. The van der Waals surface area contributed by atoms with Gasteiger partial charge in [0.25, 0.3) is 6.43 Å². The van der Waals surface area contributed by atoms with E-state index in [-0.39, 0.29) is 23.0 Å². The minimum atomic E-state index is -2.67. The summed E-state index contributed by atoms with van der Waals surface area (Å²) in [6.07, 6.45) is -2.67. The van der Waals surface area contributed by atoms with Crippen LogP contribution < -0.4 is 10.5 Å². The highest BCUT2D eigenvalue weighted by Crippen LogP contribution is 2.30. The Morgan fingerprint density at radius 3 is 2.71 bits per heavy atom. The van der Waals surface area contributed by atoms with Crippen molar-refractivity contribution in [3.05, 3.63) is 22.3 Å². The molecule has 1 aromatic rings. The smallest absolute Gasteiger partial charge is 0.269 e. The number of aromatic nitrogens is 1. The van der Waals surface area contributed by atoms with Crippen molar-refractivity contribution in [2.24, 2.45) is 5.73 Å². The molecule has 0 aliphatic rings. The van der Waals surface area contributed by atoms with E-state index < -0.39 is 6.43 Å². The third kappa shape index (κ3) is 2.10. The molecule has 0 spiro atoms. The summed E-state index contributed by atoms with van der Waals surface area (Å²) < 4.78 is 29.5. The molecule has 3 nitrogen and oxygen atoms in total. The first-order valence-electron chi connectivity index (χ1n) is 3.81. The Balaban J connectivity index is 3.24. The number of pyridine rings is 1. The predicted octanol–water partition coefficient (Wildman–Crippen LogP) is 2.14. The first kappa shape index (κ1) is 11.1. The van der Waals surface area contributed by atoms with Crippen LogP contribution in [0.3, 0.4) is 0 Å². The highest BCUT2D eigenvalue weighted by Gasteiger charge is 2.17. The largest absolute Gasteiger partial charge is 0.481 e. The van der Waals surface area contributed by atoms with Gasteiger partial charge in [-0.05, 0) is 6.07 Å². The second-order valence-electron chi connectivity index (χ2n) is 2.52. The number of nitrogens with two attached hydrogens (primary N) is 1. The standard InChI is InChI=1S/C8H9ClF2N2O/c1-14-8-4(7(10)11)2-5(9)6(3-12)13-8/h2,7H,3,12H2,1H3. The fourth-order valence-electron chi connectivity index (χ4n) is 0.985. The van der Waals surface area contributed by atoms with E-state index in [0.717, 1.165) is 6.07 Å². The minimum Gasteiger partial charge on any atom is -0.481 e. The first-order chi connectivity index (χ1) is 6.60. The predicted molar refractivity (Wildman–Crippen MR) is 48.6 cm³/mol. The molecular formula is C8H9ClF2N2O. The molecule has 0 saturated heterocycles. The molecule has 0 atom stereocenters. The van der Waals surface area contributed by atoms with E-state index >= 15 is 0 Å². The number of hydrogen-bond donors (Lipinski definition) is 1. The minimum absolute atomic E-state index is 0.0821. The number of rotatable bonds is 3. The normalized spacial score (nSPS) is 10.7. The average molecular weight is 223 g/mol. The summed E-state index contributed by atoms with van der Waals surface area (Å²) in [6.45, 7) is 0.0821. The number of alkyl halides is 2. The van der Waals surface area contributed by atoms with Gasteiger partial charge in [0.2, 0.25) is 5.88 Å². The molecule has 0 fully saturated rings. The van der Waals surface area contributed by atoms with Gasteiger partial charge in [-0.2, -0.15) is 0 Å². The quantitative estimate of drug-likeness (QED) is 0.853. The van der Waals surface area contributed by atoms with Crippen LogP contribution in [0.2, 0.25) is 5.02 Å².